The average Bonchev–Trinajstić information content (AvgIpc) is 3.40. The Bertz CT molecular complexity index is 1160. The number of amides is 1. The first-order valence-corrected chi connectivity index (χ1v) is 10.9. The van der Waals surface area contributed by atoms with E-state index in [1.54, 1.807) is 28.5 Å². The number of aromatic nitrogens is 5. The molecule has 0 unspecified atom stereocenters. The zero-order valence-corrected chi connectivity index (χ0v) is 18.8. The summed E-state index contributed by atoms with van der Waals surface area (Å²) in [7, 11) is 8.09. The van der Waals surface area contributed by atoms with E-state index in [0.29, 0.717) is 31.0 Å². The topological polar surface area (TPSA) is 133 Å². The van der Waals surface area contributed by atoms with E-state index in [1.807, 2.05) is 19.3 Å². The van der Waals surface area contributed by atoms with Crippen LogP contribution in [0.1, 0.15) is 37.8 Å². The third-order valence-electron chi connectivity index (χ3n) is 5.81. The largest absolute Gasteiger partial charge is 0.466 e. The number of ether oxygens (including phenoxy) is 1. The summed E-state index contributed by atoms with van der Waals surface area (Å²) in [6, 6.07) is 1.34. The van der Waals surface area contributed by atoms with E-state index >= 15 is 0 Å². The minimum Gasteiger partial charge on any atom is -0.466 e. The number of nitrogens with zero attached hydrogens (tertiary/aromatic N) is 6. The molecule has 2 atom stereocenters. The third kappa shape index (κ3) is 4.85. The summed E-state index contributed by atoms with van der Waals surface area (Å²) in [5.74, 6) is -0.0383. The van der Waals surface area contributed by atoms with Crippen molar-refractivity contribution in [1.29, 1.82) is 0 Å². The molecule has 1 aliphatic rings. The second-order valence-electron chi connectivity index (χ2n) is 8.14. The van der Waals surface area contributed by atoms with Gasteiger partial charge < -0.3 is 20.6 Å². The number of nitrogens with one attached hydrogen (secondary N) is 1. The Morgan fingerprint density at radius 3 is 2.82 bits per heavy atom. The van der Waals surface area contributed by atoms with E-state index in [4.69, 9.17) is 23.4 Å². The maximum Gasteiger partial charge on any atom is 0.307 e. The van der Waals surface area contributed by atoms with Crippen molar-refractivity contribution in [2.75, 3.05) is 25.4 Å². The van der Waals surface area contributed by atoms with Crippen LogP contribution in [0.4, 0.5) is 5.82 Å². The highest BCUT2D eigenvalue weighted by Crippen LogP contribution is 2.31. The lowest BCUT2D eigenvalue weighted by Gasteiger charge is -2.36. The smallest absolute Gasteiger partial charge is 0.307 e. The summed E-state index contributed by atoms with van der Waals surface area (Å²) in [6.07, 6.45) is 6.81. The summed E-state index contributed by atoms with van der Waals surface area (Å²) in [4.78, 5) is 30.4. The molecular formula is C21H27BN8O3. The fourth-order valence-corrected chi connectivity index (χ4v) is 4.14. The predicted octanol–water partition coefficient (Wildman–Crippen LogP) is 0.413. The standard InChI is InChI=1S/C21H27BN8O3/c1-3-33-19(31)6-7-24-21(32)17-5-4-13(12-29(17)22)16-8-18(23)30-20(27-16)15(10-26-30)14-9-25-28(2)11-14/h8-11,13,17H,3-7,12,23H2,1-2H3,(H,24,32)/t13-,17-/m0/s1. The summed E-state index contributed by atoms with van der Waals surface area (Å²) < 4.78 is 8.20. The first-order chi connectivity index (χ1) is 15.9. The van der Waals surface area contributed by atoms with Gasteiger partial charge in [0.15, 0.2) is 13.6 Å². The van der Waals surface area contributed by atoms with Crippen LogP contribution in [0.2, 0.25) is 0 Å². The van der Waals surface area contributed by atoms with Crippen LogP contribution in [0, 0.1) is 0 Å². The van der Waals surface area contributed by atoms with Gasteiger partial charge in [-0.1, -0.05) is 0 Å². The molecule has 11 nitrogen and oxygen atoms in total. The predicted molar refractivity (Wildman–Crippen MR) is 122 cm³/mol. The monoisotopic (exact) mass is 450 g/mol. The molecule has 0 spiro atoms. The number of piperidine rings is 1. The summed E-state index contributed by atoms with van der Waals surface area (Å²) in [5.41, 5.74) is 9.47. The van der Waals surface area contributed by atoms with E-state index < -0.39 is 6.04 Å². The van der Waals surface area contributed by atoms with Crippen LogP contribution in [-0.4, -0.2) is 74.8 Å². The Hall–Kier alpha value is -3.41. The van der Waals surface area contributed by atoms with Gasteiger partial charge in [0.1, 0.15) is 5.82 Å². The lowest BCUT2D eigenvalue weighted by molar-refractivity contribution is -0.143. The molecule has 4 rings (SSSR count). The number of carbonyl (C=O) groups excluding carboxylic acids is 2. The molecule has 3 aromatic heterocycles. The second kappa shape index (κ2) is 9.61. The summed E-state index contributed by atoms with van der Waals surface area (Å²) in [6.45, 7) is 2.74. The van der Waals surface area contributed by atoms with Crippen LogP contribution < -0.4 is 11.1 Å². The van der Waals surface area contributed by atoms with Crippen molar-refractivity contribution >= 4 is 31.3 Å². The fraction of sp³-hybridized carbons (Fsp3) is 0.476. The Morgan fingerprint density at radius 2 is 2.12 bits per heavy atom. The third-order valence-corrected chi connectivity index (χ3v) is 5.81. The van der Waals surface area contributed by atoms with Gasteiger partial charge >= 0.3 is 5.97 Å². The van der Waals surface area contributed by atoms with E-state index in [9.17, 15) is 9.59 Å². The van der Waals surface area contributed by atoms with E-state index in [0.717, 1.165) is 23.2 Å². The lowest BCUT2D eigenvalue weighted by Crippen LogP contribution is -2.50. The van der Waals surface area contributed by atoms with Gasteiger partial charge in [-0.05, 0) is 26.3 Å². The minimum atomic E-state index is -0.467. The second-order valence-corrected chi connectivity index (χ2v) is 8.14. The molecule has 0 bridgehead atoms. The number of esters is 1. The van der Waals surface area contributed by atoms with Gasteiger partial charge in [-0.25, -0.2) is 4.98 Å². The molecule has 4 heterocycles. The summed E-state index contributed by atoms with van der Waals surface area (Å²) in [5, 5.41) is 11.4. The number of carbonyl (C=O) groups is 2. The quantitative estimate of drug-likeness (QED) is 0.391. The lowest BCUT2D eigenvalue weighted by atomic mass is 9.87. The number of rotatable bonds is 7. The van der Waals surface area contributed by atoms with Gasteiger partial charge in [0.05, 0.1) is 37.2 Å². The normalized spacial score (nSPS) is 19.0. The maximum atomic E-state index is 12.5. The van der Waals surface area contributed by atoms with Crippen LogP contribution in [0.25, 0.3) is 16.8 Å². The molecule has 33 heavy (non-hydrogen) atoms. The maximum absolute atomic E-state index is 12.5. The van der Waals surface area contributed by atoms with Gasteiger partial charge in [-0.3, -0.25) is 14.3 Å². The Balaban J connectivity index is 1.45. The van der Waals surface area contributed by atoms with E-state index in [1.165, 1.54) is 4.81 Å². The molecule has 1 amide bonds. The van der Waals surface area contributed by atoms with Crippen LogP contribution in [0.5, 0.6) is 0 Å². The Morgan fingerprint density at radius 1 is 1.30 bits per heavy atom. The SMILES string of the molecule is [B]N1C[C@@H](c2cc(N)n3ncc(-c4cnn(C)c4)c3n2)CC[C@H]1C(=O)NCCC(=O)OCC. The number of anilines is 1. The fourth-order valence-electron chi connectivity index (χ4n) is 4.14. The number of nitrogens with two attached hydrogens (primary N) is 1. The summed E-state index contributed by atoms with van der Waals surface area (Å²) >= 11 is 0. The molecule has 1 aliphatic heterocycles. The number of aryl methyl sites for hydroxylation is 1. The van der Waals surface area contributed by atoms with Crippen molar-refractivity contribution in [2.24, 2.45) is 7.05 Å². The Kier molecular flexibility index (Phi) is 6.63. The number of hydrogen-bond acceptors (Lipinski definition) is 8. The van der Waals surface area contributed by atoms with Crippen LogP contribution >= 0.6 is 0 Å². The first-order valence-electron chi connectivity index (χ1n) is 10.9. The van der Waals surface area contributed by atoms with Gasteiger partial charge in [-0.2, -0.15) is 14.7 Å². The van der Waals surface area contributed by atoms with Crippen molar-refractivity contribution < 1.29 is 14.3 Å². The first kappa shape index (κ1) is 22.8. The van der Waals surface area contributed by atoms with Crippen LogP contribution in [0.15, 0.2) is 24.7 Å². The van der Waals surface area contributed by atoms with Gasteiger partial charge in [0.25, 0.3) is 0 Å². The molecule has 1 saturated heterocycles. The Labute approximate surface area is 192 Å². The molecule has 172 valence electrons. The highest BCUT2D eigenvalue weighted by Gasteiger charge is 2.32. The highest BCUT2D eigenvalue weighted by atomic mass is 16.5. The molecule has 2 radical (unpaired) electrons. The zero-order chi connectivity index (χ0) is 23.5. The van der Waals surface area contributed by atoms with Crippen molar-refractivity contribution in [2.45, 2.75) is 38.1 Å². The number of nitrogen functional groups attached to an aromatic ring is 1. The van der Waals surface area contributed by atoms with Crippen molar-refractivity contribution in [3.63, 3.8) is 0 Å². The molecule has 3 N–H and O–H groups in total. The van der Waals surface area contributed by atoms with Crippen LogP contribution in [0.3, 0.4) is 0 Å². The molecule has 0 aromatic carbocycles. The molecule has 12 heteroatoms. The van der Waals surface area contributed by atoms with E-state index in [-0.39, 0.29) is 30.8 Å². The molecule has 0 saturated carbocycles. The highest BCUT2D eigenvalue weighted by molar-refractivity contribution is 6.07. The van der Waals surface area contributed by atoms with E-state index in [2.05, 4.69) is 15.5 Å². The van der Waals surface area contributed by atoms with Crippen molar-refractivity contribution in [3.05, 3.63) is 30.4 Å². The average molecular weight is 450 g/mol. The van der Waals surface area contributed by atoms with Gasteiger partial charge in [0.2, 0.25) is 5.91 Å². The minimum absolute atomic E-state index is 0.0162. The van der Waals surface area contributed by atoms with Gasteiger partial charge in [0, 0.05) is 42.9 Å². The van der Waals surface area contributed by atoms with Gasteiger partial charge in [-0.15, -0.1) is 0 Å². The van der Waals surface area contributed by atoms with Crippen molar-refractivity contribution in [1.82, 2.24) is 34.5 Å². The number of fused-ring (bicyclic) bond motifs is 1. The molecule has 1 fully saturated rings. The number of hydrogen-bond donors (Lipinski definition) is 2. The zero-order valence-electron chi connectivity index (χ0n) is 18.8. The van der Waals surface area contributed by atoms with Crippen molar-refractivity contribution in [3.8, 4) is 11.1 Å². The van der Waals surface area contributed by atoms with Crippen LogP contribution in [-0.2, 0) is 21.4 Å². The molecule has 0 aliphatic carbocycles. The molecule has 3 aromatic rings. The molecular weight excluding hydrogens is 423 g/mol.